The number of aliphatic carboxylic acids is 5. The Hall–Kier alpha value is -2.89. The quantitative estimate of drug-likeness (QED) is 0.0252. The van der Waals surface area contributed by atoms with Crippen LogP contribution in [0.2, 0.25) is 0 Å². The number of carboxylic acid groups (broad SMARTS) is 5. The zero-order valence-electron chi connectivity index (χ0n) is 74.8. The first-order valence-corrected chi connectivity index (χ1v) is 48.4. The Kier molecular flexibility index (Phi) is 118. The molecular formula is C96H194O16. The number of hydrogen-bond acceptors (Lipinski definition) is 11. The number of rotatable bonds is 85. The molecule has 0 aromatic carbocycles. The molecule has 0 heterocycles. The highest BCUT2D eigenvalue weighted by Gasteiger charge is 2.29. The highest BCUT2D eigenvalue weighted by Crippen LogP contribution is 2.20. The first-order valence-electron chi connectivity index (χ1n) is 48.4. The van der Waals surface area contributed by atoms with Gasteiger partial charge in [-0.25, -0.2) is 0 Å². The van der Waals surface area contributed by atoms with E-state index in [1.807, 2.05) is 0 Å². The van der Waals surface area contributed by atoms with Crippen LogP contribution in [-0.2, 0) is 24.0 Å². The van der Waals surface area contributed by atoms with E-state index in [2.05, 4.69) is 34.6 Å². The molecule has 674 valence electrons. The van der Waals surface area contributed by atoms with Gasteiger partial charge in [-0.1, -0.05) is 484 Å². The fraction of sp³-hybridized carbons (Fsp3) is 0.948. The van der Waals surface area contributed by atoms with Crippen LogP contribution in [-0.4, -0.2) is 124 Å². The normalized spacial score (nSPS) is 12.0. The maximum Gasteiger partial charge on any atom is 0.303 e. The third-order valence-electron chi connectivity index (χ3n) is 21.5. The van der Waals surface area contributed by atoms with Crippen LogP contribution in [0.5, 0.6) is 0 Å². The lowest BCUT2D eigenvalue weighted by Gasteiger charge is -2.24. The molecule has 112 heavy (non-hydrogen) atoms. The molecule has 0 fully saturated rings. The zero-order chi connectivity index (χ0) is 84.2. The van der Waals surface area contributed by atoms with Crippen LogP contribution < -0.4 is 0 Å². The van der Waals surface area contributed by atoms with E-state index in [0.29, 0.717) is 32.1 Å². The van der Waals surface area contributed by atoms with Crippen LogP contribution in [0, 0.1) is 0 Å². The molecule has 11 N–H and O–H groups in total. The second-order valence-electron chi connectivity index (χ2n) is 32.9. The molecule has 0 saturated carbocycles. The van der Waals surface area contributed by atoms with E-state index < -0.39 is 67.5 Å². The molecule has 0 aliphatic heterocycles. The van der Waals surface area contributed by atoms with Gasteiger partial charge in [0.1, 0.15) is 24.4 Å². The predicted molar refractivity (Wildman–Crippen MR) is 474 cm³/mol. The molecule has 0 unspecified atom stereocenters. The molecule has 0 amide bonds. The number of hydrogen-bond donors (Lipinski definition) is 11. The maximum atomic E-state index is 10.3. The topological polar surface area (TPSA) is 308 Å². The average molecular weight is 1600 g/mol. The van der Waals surface area contributed by atoms with Gasteiger partial charge in [-0.05, 0) is 32.1 Å². The van der Waals surface area contributed by atoms with E-state index in [1.165, 1.54) is 417 Å². The van der Waals surface area contributed by atoms with Crippen molar-refractivity contribution in [3.8, 4) is 0 Å². The van der Waals surface area contributed by atoms with Crippen molar-refractivity contribution in [3.05, 3.63) is 0 Å². The molecule has 0 aliphatic rings. The van der Waals surface area contributed by atoms with Gasteiger partial charge in [-0.3, -0.25) is 24.0 Å². The Morgan fingerprint density at radius 1 is 0.161 bits per heavy atom. The van der Waals surface area contributed by atoms with Gasteiger partial charge in [0.15, 0.2) is 0 Å². The predicted octanol–water partition coefficient (Wildman–Crippen LogP) is 28.1. The van der Waals surface area contributed by atoms with Crippen LogP contribution in [0.4, 0.5) is 0 Å². The molecule has 0 aromatic heterocycles. The third-order valence-corrected chi connectivity index (χ3v) is 21.5. The van der Waals surface area contributed by atoms with E-state index >= 15 is 0 Å². The van der Waals surface area contributed by atoms with E-state index in [1.54, 1.807) is 0 Å². The second-order valence-corrected chi connectivity index (χ2v) is 32.9. The zero-order valence-corrected chi connectivity index (χ0v) is 74.8. The second kappa shape index (κ2) is 110. The maximum absolute atomic E-state index is 10.3. The van der Waals surface area contributed by atoms with Crippen LogP contribution in [0.25, 0.3) is 0 Å². The standard InChI is InChI=1S/5C18H36O2.C6H14O6/c5*1-2-3-4-5-6-7-8-9-10-11-12-13-14-15-16-17-18(19)20;7-1-3(9)5(11)6(12)4(10)2-8/h5*2-17H2,1H3,(H,19,20);3-12H,1-2H2/t;;;;;3-,4+,5-,6-/m.....1/s1. The van der Waals surface area contributed by atoms with Crippen molar-refractivity contribution in [2.24, 2.45) is 0 Å². The molecular weight excluding hydrogens is 1410 g/mol. The van der Waals surface area contributed by atoms with E-state index in [9.17, 15) is 24.0 Å². The fourth-order valence-electron chi connectivity index (χ4n) is 13.9. The van der Waals surface area contributed by atoms with Gasteiger partial charge in [0.25, 0.3) is 0 Å². The van der Waals surface area contributed by atoms with Gasteiger partial charge < -0.3 is 56.2 Å². The molecule has 0 spiro atoms. The number of aliphatic hydroxyl groups excluding tert-OH is 6. The monoisotopic (exact) mass is 1600 g/mol. The minimum absolute atomic E-state index is 0.345. The van der Waals surface area contributed by atoms with Crippen LogP contribution in [0.1, 0.15) is 548 Å². The molecule has 16 heteroatoms. The number of carboxylic acids is 5. The molecule has 0 aromatic rings. The summed E-state index contributed by atoms with van der Waals surface area (Å²) in [4.78, 5) is 51.7. The molecule has 0 radical (unpaired) electrons. The fourth-order valence-corrected chi connectivity index (χ4v) is 13.9. The summed E-state index contributed by atoms with van der Waals surface area (Å²) in [7, 11) is 0. The first kappa shape index (κ1) is 120. The molecule has 16 nitrogen and oxygen atoms in total. The molecule has 0 aliphatic carbocycles. The minimum Gasteiger partial charge on any atom is -0.481 e. The van der Waals surface area contributed by atoms with Crippen molar-refractivity contribution in [1.82, 2.24) is 0 Å². The van der Waals surface area contributed by atoms with Crippen molar-refractivity contribution >= 4 is 29.8 Å². The Labute approximate surface area is 692 Å². The van der Waals surface area contributed by atoms with E-state index in [-0.39, 0.29) is 0 Å². The first-order chi connectivity index (χ1) is 54.4. The molecule has 0 saturated heterocycles. The van der Waals surface area contributed by atoms with Crippen molar-refractivity contribution in [1.29, 1.82) is 0 Å². The highest BCUT2D eigenvalue weighted by atomic mass is 16.4. The summed E-state index contributed by atoms with van der Waals surface area (Å²) >= 11 is 0. The van der Waals surface area contributed by atoms with Gasteiger partial charge in [0.05, 0.1) is 13.2 Å². The van der Waals surface area contributed by atoms with Gasteiger partial charge >= 0.3 is 29.8 Å². The van der Waals surface area contributed by atoms with E-state index in [4.69, 9.17) is 56.2 Å². The SMILES string of the molecule is CCCCCCCCCCCCCCCCCC(=O)O.CCCCCCCCCCCCCCCCCC(=O)O.CCCCCCCCCCCCCCCCCC(=O)O.CCCCCCCCCCCCCCCCCC(=O)O.CCCCCCCCCCCCCCCCCC(=O)O.OC[C@@H](O)[C@@H](O)[C@H](O)[C@@H](O)CO. The smallest absolute Gasteiger partial charge is 0.303 e. The number of carbonyl (C=O) groups is 5. The summed E-state index contributed by atoms with van der Waals surface area (Å²) < 4.78 is 0. The molecule has 0 bridgehead atoms. The summed E-state index contributed by atoms with van der Waals surface area (Å²) in [5.74, 6) is -3.27. The Bertz CT molecular complexity index is 1500. The molecule has 0 rings (SSSR count). The van der Waals surface area contributed by atoms with Gasteiger partial charge in [0, 0.05) is 32.1 Å². The van der Waals surface area contributed by atoms with Crippen LogP contribution >= 0.6 is 0 Å². The number of aliphatic hydroxyl groups is 6. The number of unbranched alkanes of at least 4 members (excludes halogenated alkanes) is 70. The summed E-state index contributed by atoms with van der Waals surface area (Å²) in [5.41, 5.74) is 0. The Balaban J connectivity index is -0.000000303. The van der Waals surface area contributed by atoms with Gasteiger partial charge in [-0.15, -0.1) is 0 Å². The lowest BCUT2D eigenvalue weighted by atomic mass is 10.0. The highest BCUT2D eigenvalue weighted by molar-refractivity contribution is 5.67. The van der Waals surface area contributed by atoms with E-state index in [0.717, 1.165) is 64.2 Å². The van der Waals surface area contributed by atoms with Gasteiger partial charge in [-0.2, -0.15) is 0 Å². The molecule has 4 atom stereocenters. The lowest BCUT2D eigenvalue weighted by Crippen LogP contribution is -2.46. The summed E-state index contributed by atoms with van der Waals surface area (Å²) in [6, 6.07) is 0. The Morgan fingerprint density at radius 2 is 0.241 bits per heavy atom. The Morgan fingerprint density at radius 3 is 0.312 bits per heavy atom. The van der Waals surface area contributed by atoms with Crippen molar-refractivity contribution < 1.29 is 80.1 Å². The average Bonchev–Trinajstić information content (AvgIpc) is 0.908. The van der Waals surface area contributed by atoms with Crippen molar-refractivity contribution in [3.63, 3.8) is 0 Å². The minimum atomic E-state index is -1.67. The van der Waals surface area contributed by atoms with Crippen molar-refractivity contribution in [2.45, 2.75) is 573 Å². The summed E-state index contributed by atoms with van der Waals surface area (Å²) in [5, 5.41) is 94.8. The van der Waals surface area contributed by atoms with Crippen LogP contribution in [0.3, 0.4) is 0 Å². The van der Waals surface area contributed by atoms with Crippen molar-refractivity contribution in [2.75, 3.05) is 13.2 Å². The lowest BCUT2D eigenvalue weighted by molar-refractivity contribution is -0.138. The summed E-state index contributed by atoms with van der Waals surface area (Å²) in [6.45, 7) is 9.90. The van der Waals surface area contributed by atoms with Crippen LogP contribution in [0.15, 0.2) is 0 Å². The summed E-state index contributed by atoms with van der Waals surface area (Å²) in [6.07, 6.45) is 94.6. The third kappa shape index (κ3) is 125. The largest absolute Gasteiger partial charge is 0.481 e. The van der Waals surface area contributed by atoms with Gasteiger partial charge in [0.2, 0.25) is 0 Å².